The SMILES string of the molecule is COc1cc(C2C3=C(CCCC3=O)Nc3nc(-c4cccc(O)c4)nn32)cc(OC)c1OC. The Kier molecular flexibility index (Phi) is 5.16. The van der Waals surface area contributed by atoms with E-state index in [4.69, 9.17) is 19.3 Å². The number of allylic oxidation sites excluding steroid dienone is 2. The van der Waals surface area contributed by atoms with E-state index < -0.39 is 6.04 Å². The van der Waals surface area contributed by atoms with Gasteiger partial charge in [-0.3, -0.25) is 4.79 Å². The van der Waals surface area contributed by atoms with Crippen LogP contribution in [0.5, 0.6) is 23.0 Å². The molecule has 9 nitrogen and oxygen atoms in total. The minimum Gasteiger partial charge on any atom is -0.508 e. The molecule has 1 aliphatic carbocycles. The topological polar surface area (TPSA) is 108 Å². The fourth-order valence-electron chi connectivity index (χ4n) is 4.49. The highest BCUT2D eigenvalue weighted by molar-refractivity contribution is 5.99. The minimum atomic E-state index is -0.517. The van der Waals surface area contributed by atoms with Crippen molar-refractivity contribution in [3.05, 3.63) is 53.2 Å². The van der Waals surface area contributed by atoms with E-state index in [2.05, 4.69) is 10.3 Å². The Morgan fingerprint density at radius 3 is 2.48 bits per heavy atom. The van der Waals surface area contributed by atoms with Gasteiger partial charge in [0.2, 0.25) is 11.7 Å². The number of fused-ring (bicyclic) bond motifs is 1. The number of aromatic hydroxyl groups is 1. The fraction of sp³-hybridized carbons (Fsp3) is 0.292. The van der Waals surface area contributed by atoms with E-state index in [1.165, 1.54) is 0 Å². The summed E-state index contributed by atoms with van der Waals surface area (Å²) in [5, 5.41) is 17.9. The van der Waals surface area contributed by atoms with Gasteiger partial charge in [0, 0.05) is 23.3 Å². The van der Waals surface area contributed by atoms with Gasteiger partial charge in [-0.2, -0.15) is 4.98 Å². The summed E-state index contributed by atoms with van der Waals surface area (Å²) < 4.78 is 18.3. The molecule has 1 atom stereocenters. The van der Waals surface area contributed by atoms with Crippen LogP contribution in [0, 0.1) is 0 Å². The van der Waals surface area contributed by atoms with Crippen molar-refractivity contribution < 1.29 is 24.1 Å². The summed E-state index contributed by atoms with van der Waals surface area (Å²) in [6.45, 7) is 0. The molecule has 0 bridgehead atoms. The van der Waals surface area contributed by atoms with Crippen LogP contribution >= 0.6 is 0 Å². The first-order valence-electron chi connectivity index (χ1n) is 10.6. The van der Waals surface area contributed by atoms with Gasteiger partial charge in [0.1, 0.15) is 11.8 Å². The van der Waals surface area contributed by atoms with E-state index in [9.17, 15) is 9.90 Å². The Bertz CT molecular complexity index is 1250. The number of ether oxygens (including phenoxy) is 3. The second-order valence-corrected chi connectivity index (χ2v) is 7.91. The number of rotatable bonds is 5. The normalized spacial score (nSPS) is 17.2. The molecule has 9 heteroatoms. The lowest BCUT2D eigenvalue weighted by atomic mass is 9.85. The number of phenols is 1. The highest BCUT2D eigenvalue weighted by Crippen LogP contribution is 2.45. The van der Waals surface area contributed by atoms with Crippen LogP contribution in [0.4, 0.5) is 5.95 Å². The zero-order chi connectivity index (χ0) is 23.1. The average molecular weight is 448 g/mol. The van der Waals surface area contributed by atoms with Crippen LogP contribution in [-0.2, 0) is 4.79 Å². The lowest BCUT2D eigenvalue weighted by Crippen LogP contribution is -2.31. The van der Waals surface area contributed by atoms with E-state index in [-0.39, 0.29) is 11.5 Å². The van der Waals surface area contributed by atoms with Crippen molar-refractivity contribution in [2.45, 2.75) is 25.3 Å². The average Bonchev–Trinajstić information content (AvgIpc) is 3.25. The molecule has 3 aromatic rings. The number of anilines is 1. The number of carbonyl (C=O) groups is 1. The van der Waals surface area contributed by atoms with Gasteiger partial charge in [0.05, 0.1) is 21.3 Å². The number of methoxy groups -OCH3 is 3. The molecule has 0 saturated heterocycles. The second kappa shape index (κ2) is 8.16. The molecule has 1 unspecified atom stereocenters. The van der Waals surface area contributed by atoms with Crippen molar-refractivity contribution in [1.29, 1.82) is 0 Å². The van der Waals surface area contributed by atoms with Crippen LogP contribution in [-0.4, -0.2) is 47.0 Å². The van der Waals surface area contributed by atoms with Crippen molar-refractivity contribution in [2.75, 3.05) is 26.6 Å². The molecule has 1 aliphatic heterocycles. The van der Waals surface area contributed by atoms with Gasteiger partial charge < -0.3 is 24.6 Å². The van der Waals surface area contributed by atoms with Gasteiger partial charge >= 0.3 is 0 Å². The molecule has 5 rings (SSSR count). The Hall–Kier alpha value is -4.01. The van der Waals surface area contributed by atoms with E-state index in [0.29, 0.717) is 46.6 Å². The maximum atomic E-state index is 13.1. The van der Waals surface area contributed by atoms with Gasteiger partial charge in [0.25, 0.3) is 0 Å². The quantitative estimate of drug-likeness (QED) is 0.608. The smallest absolute Gasteiger partial charge is 0.226 e. The molecule has 0 spiro atoms. The van der Waals surface area contributed by atoms with Crippen molar-refractivity contribution in [3.63, 3.8) is 0 Å². The number of aromatic nitrogens is 3. The van der Waals surface area contributed by atoms with Crippen molar-refractivity contribution in [2.24, 2.45) is 0 Å². The minimum absolute atomic E-state index is 0.0718. The Morgan fingerprint density at radius 2 is 1.82 bits per heavy atom. The van der Waals surface area contributed by atoms with E-state index in [1.54, 1.807) is 44.2 Å². The summed E-state index contributed by atoms with van der Waals surface area (Å²) >= 11 is 0. The molecule has 170 valence electrons. The summed E-state index contributed by atoms with van der Waals surface area (Å²) in [5.41, 5.74) is 2.96. The van der Waals surface area contributed by atoms with Crippen molar-refractivity contribution >= 4 is 11.7 Å². The molecule has 2 aromatic carbocycles. The van der Waals surface area contributed by atoms with Gasteiger partial charge in [0.15, 0.2) is 23.1 Å². The summed E-state index contributed by atoms with van der Waals surface area (Å²) in [6.07, 6.45) is 2.00. The van der Waals surface area contributed by atoms with Crippen molar-refractivity contribution in [3.8, 4) is 34.4 Å². The molecule has 0 saturated carbocycles. The number of nitrogens with one attached hydrogen (secondary N) is 1. The van der Waals surface area contributed by atoms with E-state index >= 15 is 0 Å². The number of ketones is 1. The number of benzene rings is 2. The standard InChI is InChI=1S/C24H24N4O5/c1-31-18-11-14(12-19(32-2)22(18)33-3)21-20-16(8-5-9-17(20)30)25-24-26-23(27-28(21)24)13-6-4-7-15(29)10-13/h4,6-7,10-12,21,29H,5,8-9H2,1-3H3,(H,25,26,27). The second-order valence-electron chi connectivity index (χ2n) is 7.91. The highest BCUT2D eigenvalue weighted by atomic mass is 16.5. The predicted molar refractivity (Wildman–Crippen MR) is 121 cm³/mol. The molecule has 33 heavy (non-hydrogen) atoms. The summed E-state index contributed by atoms with van der Waals surface area (Å²) in [7, 11) is 4.66. The largest absolute Gasteiger partial charge is 0.508 e. The number of phenolic OH excluding ortho intramolecular Hbond substituents is 1. The third-order valence-electron chi connectivity index (χ3n) is 5.98. The number of hydrogen-bond acceptors (Lipinski definition) is 8. The van der Waals surface area contributed by atoms with Crippen LogP contribution in [0.1, 0.15) is 30.9 Å². The first kappa shape index (κ1) is 20.9. The van der Waals surface area contributed by atoms with Crippen LogP contribution in [0.2, 0.25) is 0 Å². The number of carbonyl (C=O) groups excluding carboxylic acids is 1. The van der Waals surface area contributed by atoms with E-state index in [0.717, 1.165) is 24.1 Å². The number of Topliss-reactive ketones (excluding diaryl/α,β-unsaturated/α-hetero) is 1. The summed E-state index contributed by atoms with van der Waals surface area (Å²) in [5.74, 6) is 2.63. The first-order valence-corrected chi connectivity index (χ1v) is 10.6. The van der Waals surface area contributed by atoms with Gasteiger partial charge in [-0.15, -0.1) is 5.10 Å². The zero-order valence-electron chi connectivity index (χ0n) is 18.6. The molecule has 0 fully saturated rings. The highest BCUT2D eigenvalue weighted by Gasteiger charge is 2.37. The van der Waals surface area contributed by atoms with Gasteiger partial charge in [-0.25, -0.2) is 4.68 Å². The molecule has 2 aliphatic rings. The van der Waals surface area contributed by atoms with Crippen molar-refractivity contribution in [1.82, 2.24) is 14.8 Å². The summed E-state index contributed by atoms with van der Waals surface area (Å²) in [6, 6.07) is 9.92. The molecular formula is C24H24N4O5. The Morgan fingerprint density at radius 1 is 1.06 bits per heavy atom. The Balaban J connectivity index is 1.72. The first-order chi connectivity index (χ1) is 16.0. The van der Waals surface area contributed by atoms with Gasteiger partial charge in [-0.05, 0) is 42.7 Å². The molecule has 2 heterocycles. The molecule has 1 aromatic heterocycles. The van der Waals surface area contributed by atoms with Crippen LogP contribution in [0.25, 0.3) is 11.4 Å². The van der Waals surface area contributed by atoms with E-state index in [1.807, 2.05) is 18.2 Å². The fourth-order valence-corrected chi connectivity index (χ4v) is 4.49. The molecule has 0 amide bonds. The lowest BCUT2D eigenvalue weighted by molar-refractivity contribution is -0.116. The van der Waals surface area contributed by atoms with Crippen LogP contribution < -0.4 is 19.5 Å². The Labute approximate surface area is 190 Å². The van der Waals surface area contributed by atoms with Gasteiger partial charge in [-0.1, -0.05) is 12.1 Å². The maximum absolute atomic E-state index is 13.1. The molecule has 0 radical (unpaired) electrons. The van der Waals surface area contributed by atoms with Crippen LogP contribution in [0.3, 0.4) is 0 Å². The molecular weight excluding hydrogens is 424 g/mol. The lowest BCUT2D eigenvalue weighted by Gasteiger charge is -2.32. The molecule has 2 N–H and O–H groups in total. The zero-order valence-corrected chi connectivity index (χ0v) is 18.6. The third kappa shape index (κ3) is 3.45. The van der Waals surface area contributed by atoms with Crippen LogP contribution in [0.15, 0.2) is 47.7 Å². The number of hydrogen-bond donors (Lipinski definition) is 2. The number of nitrogens with zero attached hydrogens (tertiary/aromatic N) is 3. The monoisotopic (exact) mass is 448 g/mol. The summed E-state index contributed by atoms with van der Waals surface area (Å²) in [4.78, 5) is 17.8. The third-order valence-corrected chi connectivity index (χ3v) is 5.98. The predicted octanol–water partition coefficient (Wildman–Crippen LogP) is 3.70. The maximum Gasteiger partial charge on any atom is 0.226 e.